The molecular weight excluding hydrogens is 332 g/mol. The highest BCUT2D eigenvalue weighted by Gasteiger charge is 2.33. The number of likely N-dealkylation sites (tertiary alicyclic amines) is 1. The molecule has 0 aliphatic carbocycles. The van der Waals surface area contributed by atoms with E-state index in [4.69, 9.17) is 11.6 Å². The number of nitrogens with zero attached hydrogens (tertiary/aromatic N) is 1. The monoisotopic (exact) mass is 358 g/mol. The van der Waals surface area contributed by atoms with Crippen LogP contribution in [-0.2, 0) is 12.1 Å². The fourth-order valence-corrected chi connectivity index (χ4v) is 3.58. The third kappa shape index (κ3) is 5.29. The van der Waals surface area contributed by atoms with Gasteiger partial charge in [-0.05, 0) is 55.6 Å². The third-order valence-electron chi connectivity index (χ3n) is 5.06. The maximum Gasteiger partial charge on any atom is 0.0920 e. The van der Waals surface area contributed by atoms with Crippen molar-refractivity contribution in [3.63, 3.8) is 0 Å². The average Bonchev–Trinajstić information content (AvgIpc) is 2.64. The molecule has 0 spiro atoms. The number of halogens is 1. The van der Waals surface area contributed by atoms with Crippen LogP contribution in [0.25, 0.3) is 0 Å². The van der Waals surface area contributed by atoms with Crippen molar-refractivity contribution in [2.24, 2.45) is 0 Å². The molecule has 0 atom stereocenters. The third-order valence-corrected chi connectivity index (χ3v) is 5.32. The molecule has 2 N–H and O–H groups in total. The summed E-state index contributed by atoms with van der Waals surface area (Å²) in [6, 6.07) is 18.1. The first kappa shape index (κ1) is 18.4. The van der Waals surface area contributed by atoms with E-state index < -0.39 is 5.60 Å². The van der Waals surface area contributed by atoms with Crippen molar-refractivity contribution in [1.82, 2.24) is 10.2 Å². The van der Waals surface area contributed by atoms with Gasteiger partial charge < -0.3 is 15.3 Å². The van der Waals surface area contributed by atoms with Gasteiger partial charge in [-0.2, -0.15) is 0 Å². The molecule has 0 saturated carbocycles. The average molecular weight is 359 g/mol. The van der Waals surface area contributed by atoms with Crippen molar-refractivity contribution in [2.75, 3.05) is 26.2 Å². The number of rotatable bonds is 7. The van der Waals surface area contributed by atoms with E-state index in [0.717, 1.165) is 57.5 Å². The molecule has 0 bridgehead atoms. The Labute approximate surface area is 155 Å². The van der Waals surface area contributed by atoms with Gasteiger partial charge in [-0.25, -0.2) is 0 Å². The van der Waals surface area contributed by atoms with Crippen LogP contribution in [0.4, 0.5) is 0 Å². The first-order valence-corrected chi connectivity index (χ1v) is 9.49. The standard InChI is InChI=1S/C21H27ClN2O/c22-20-9-7-19(8-10-20)21(25)11-15-24(16-12-21)14-4-13-23-17-18-5-2-1-3-6-18/h1-3,5-10,23,25H,4,11-17H2. The predicted octanol–water partition coefficient (Wildman–Crippen LogP) is 3.80. The number of nitrogens with one attached hydrogen (secondary N) is 1. The molecule has 3 nitrogen and oxygen atoms in total. The summed E-state index contributed by atoms with van der Waals surface area (Å²) in [6.45, 7) is 4.91. The van der Waals surface area contributed by atoms with Crippen molar-refractivity contribution in [3.8, 4) is 0 Å². The van der Waals surface area contributed by atoms with E-state index in [1.165, 1.54) is 5.56 Å². The van der Waals surface area contributed by atoms with Crippen LogP contribution < -0.4 is 5.32 Å². The number of piperidine rings is 1. The molecule has 25 heavy (non-hydrogen) atoms. The maximum atomic E-state index is 10.9. The summed E-state index contributed by atoms with van der Waals surface area (Å²) in [6.07, 6.45) is 2.70. The quantitative estimate of drug-likeness (QED) is 0.739. The lowest BCUT2D eigenvalue weighted by molar-refractivity contribution is -0.0259. The zero-order valence-corrected chi connectivity index (χ0v) is 15.4. The molecule has 3 rings (SSSR count). The Morgan fingerprint density at radius 3 is 2.36 bits per heavy atom. The Balaban J connectivity index is 1.36. The Bertz CT molecular complexity index is 637. The fraction of sp³-hybridized carbons (Fsp3) is 0.429. The molecule has 1 saturated heterocycles. The maximum absolute atomic E-state index is 10.9. The molecule has 2 aromatic carbocycles. The summed E-state index contributed by atoms with van der Waals surface area (Å²) < 4.78 is 0. The van der Waals surface area contributed by atoms with Gasteiger partial charge in [0.25, 0.3) is 0 Å². The fourth-order valence-electron chi connectivity index (χ4n) is 3.45. The van der Waals surface area contributed by atoms with Crippen LogP contribution in [0.3, 0.4) is 0 Å². The normalized spacial score (nSPS) is 17.5. The SMILES string of the molecule is OC1(c2ccc(Cl)cc2)CCN(CCCNCc2ccccc2)CC1. The van der Waals surface area contributed by atoms with E-state index in [-0.39, 0.29) is 0 Å². The number of aliphatic hydroxyl groups is 1. The van der Waals surface area contributed by atoms with Gasteiger partial charge in [-0.1, -0.05) is 54.1 Å². The van der Waals surface area contributed by atoms with Crippen LogP contribution >= 0.6 is 11.6 Å². The molecule has 1 fully saturated rings. The highest BCUT2D eigenvalue weighted by atomic mass is 35.5. The zero-order valence-electron chi connectivity index (χ0n) is 14.6. The molecule has 2 aromatic rings. The van der Waals surface area contributed by atoms with E-state index >= 15 is 0 Å². The van der Waals surface area contributed by atoms with Crippen LogP contribution in [0.1, 0.15) is 30.4 Å². The molecule has 0 unspecified atom stereocenters. The van der Waals surface area contributed by atoms with Crippen LogP contribution in [-0.4, -0.2) is 36.2 Å². The summed E-state index contributed by atoms with van der Waals surface area (Å²) in [7, 11) is 0. The number of hydrogen-bond donors (Lipinski definition) is 2. The van der Waals surface area contributed by atoms with Crippen molar-refractivity contribution in [1.29, 1.82) is 0 Å². The van der Waals surface area contributed by atoms with E-state index in [1.807, 2.05) is 30.3 Å². The summed E-state index contributed by atoms with van der Waals surface area (Å²) in [5, 5.41) is 15.1. The van der Waals surface area contributed by atoms with Crippen molar-refractivity contribution in [2.45, 2.75) is 31.4 Å². The van der Waals surface area contributed by atoms with Gasteiger partial charge in [-0.3, -0.25) is 0 Å². The second-order valence-corrected chi connectivity index (χ2v) is 7.33. The van der Waals surface area contributed by atoms with Crippen LogP contribution in [0.5, 0.6) is 0 Å². The topological polar surface area (TPSA) is 35.5 Å². The van der Waals surface area contributed by atoms with Crippen molar-refractivity contribution < 1.29 is 5.11 Å². The molecule has 134 valence electrons. The molecular formula is C21H27ClN2O. The molecule has 1 heterocycles. The predicted molar refractivity (Wildman–Crippen MR) is 104 cm³/mol. The lowest BCUT2D eigenvalue weighted by Gasteiger charge is -2.38. The van der Waals surface area contributed by atoms with Gasteiger partial charge in [0.2, 0.25) is 0 Å². The van der Waals surface area contributed by atoms with Gasteiger partial charge in [0, 0.05) is 24.7 Å². The Kier molecular flexibility index (Phi) is 6.49. The lowest BCUT2D eigenvalue weighted by Crippen LogP contribution is -2.43. The van der Waals surface area contributed by atoms with Gasteiger partial charge in [-0.15, -0.1) is 0 Å². The van der Waals surface area contributed by atoms with Gasteiger partial charge in [0.05, 0.1) is 5.60 Å². The van der Waals surface area contributed by atoms with Crippen LogP contribution in [0.15, 0.2) is 54.6 Å². The van der Waals surface area contributed by atoms with Crippen molar-refractivity contribution in [3.05, 3.63) is 70.7 Å². The number of benzene rings is 2. The summed E-state index contributed by atoms with van der Waals surface area (Å²) in [5.74, 6) is 0. The minimum atomic E-state index is -0.702. The van der Waals surface area contributed by atoms with Crippen molar-refractivity contribution >= 4 is 11.6 Å². The molecule has 0 radical (unpaired) electrons. The van der Waals surface area contributed by atoms with Gasteiger partial charge >= 0.3 is 0 Å². The smallest absolute Gasteiger partial charge is 0.0920 e. The Hall–Kier alpha value is -1.39. The van der Waals surface area contributed by atoms with Gasteiger partial charge in [0.1, 0.15) is 0 Å². The van der Waals surface area contributed by atoms with Crippen LogP contribution in [0, 0.1) is 0 Å². The second-order valence-electron chi connectivity index (χ2n) is 6.90. The van der Waals surface area contributed by atoms with E-state index in [2.05, 4.69) is 34.5 Å². The molecule has 4 heteroatoms. The van der Waals surface area contributed by atoms with Gasteiger partial charge in [0.15, 0.2) is 0 Å². The molecule has 1 aliphatic heterocycles. The summed E-state index contributed by atoms with van der Waals surface area (Å²) >= 11 is 5.95. The number of hydrogen-bond acceptors (Lipinski definition) is 3. The first-order chi connectivity index (χ1) is 12.2. The molecule has 0 amide bonds. The lowest BCUT2D eigenvalue weighted by atomic mass is 9.84. The Morgan fingerprint density at radius 1 is 1.00 bits per heavy atom. The summed E-state index contributed by atoms with van der Waals surface area (Å²) in [5.41, 5.74) is 1.61. The molecule has 1 aliphatic rings. The van der Waals surface area contributed by atoms with E-state index in [9.17, 15) is 5.11 Å². The summed E-state index contributed by atoms with van der Waals surface area (Å²) in [4.78, 5) is 2.45. The second kappa shape index (κ2) is 8.81. The van der Waals surface area contributed by atoms with Crippen LogP contribution in [0.2, 0.25) is 5.02 Å². The van der Waals surface area contributed by atoms with E-state index in [1.54, 1.807) is 0 Å². The van der Waals surface area contributed by atoms with E-state index in [0.29, 0.717) is 5.02 Å². The Morgan fingerprint density at radius 2 is 1.68 bits per heavy atom. The molecule has 0 aromatic heterocycles. The minimum absolute atomic E-state index is 0.702. The largest absolute Gasteiger partial charge is 0.385 e. The highest BCUT2D eigenvalue weighted by molar-refractivity contribution is 6.30. The first-order valence-electron chi connectivity index (χ1n) is 9.11. The minimum Gasteiger partial charge on any atom is -0.385 e. The zero-order chi connectivity index (χ0) is 17.5. The highest BCUT2D eigenvalue weighted by Crippen LogP contribution is 2.33.